The fourth-order valence-corrected chi connectivity index (χ4v) is 2.15. The van der Waals surface area contributed by atoms with Gasteiger partial charge in [0.2, 0.25) is 0 Å². The Labute approximate surface area is 121 Å². The van der Waals surface area contributed by atoms with E-state index in [-0.39, 0.29) is 5.69 Å². The number of aromatic nitrogens is 1. The Bertz CT molecular complexity index is 768. The normalized spacial score (nSPS) is 10.3. The molecule has 1 heterocycles. The SMILES string of the molecule is O=[N+]([O-])c1ccc(-c2cccc(-c3ccccc3)c2)nc1. The van der Waals surface area contributed by atoms with E-state index in [1.807, 2.05) is 54.6 Å². The van der Waals surface area contributed by atoms with Crippen LogP contribution in [0.2, 0.25) is 0 Å². The summed E-state index contributed by atoms with van der Waals surface area (Å²) in [6, 6.07) is 21.2. The molecule has 3 aromatic rings. The van der Waals surface area contributed by atoms with Crippen LogP contribution in [0.5, 0.6) is 0 Å². The second-order valence-corrected chi connectivity index (χ2v) is 4.61. The van der Waals surface area contributed by atoms with E-state index in [2.05, 4.69) is 4.98 Å². The number of hydrogen-bond acceptors (Lipinski definition) is 3. The molecule has 0 amide bonds. The zero-order chi connectivity index (χ0) is 14.7. The molecule has 1 aromatic heterocycles. The maximum atomic E-state index is 10.7. The van der Waals surface area contributed by atoms with Gasteiger partial charge in [-0.15, -0.1) is 0 Å². The lowest BCUT2D eigenvalue weighted by Crippen LogP contribution is -1.90. The minimum Gasteiger partial charge on any atom is -0.258 e. The van der Waals surface area contributed by atoms with Crippen molar-refractivity contribution in [3.8, 4) is 22.4 Å². The van der Waals surface area contributed by atoms with Gasteiger partial charge in [0.05, 0.1) is 10.6 Å². The number of pyridine rings is 1. The standard InChI is InChI=1S/C17H12N2O2/c20-19(21)16-9-10-17(18-12-16)15-8-4-7-14(11-15)13-5-2-1-3-6-13/h1-12H. The van der Waals surface area contributed by atoms with Crippen LogP contribution >= 0.6 is 0 Å². The highest BCUT2D eigenvalue weighted by molar-refractivity contribution is 5.71. The van der Waals surface area contributed by atoms with Crippen molar-refractivity contribution in [3.05, 3.63) is 83.0 Å². The summed E-state index contributed by atoms with van der Waals surface area (Å²) in [5.74, 6) is 0. The van der Waals surface area contributed by atoms with Crippen LogP contribution in [0.15, 0.2) is 72.9 Å². The second-order valence-electron chi connectivity index (χ2n) is 4.61. The van der Waals surface area contributed by atoms with Crippen molar-refractivity contribution in [1.82, 2.24) is 4.98 Å². The summed E-state index contributed by atoms with van der Waals surface area (Å²) in [5, 5.41) is 10.7. The Kier molecular flexibility index (Phi) is 3.43. The number of nitro groups is 1. The Morgan fingerprint density at radius 2 is 1.52 bits per heavy atom. The van der Waals surface area contributed by atoms with Gasteiger partial charge in [0.1, 0.15) is 6.20 Å². The lowest BCUT2D eigenvalue weighted by molar-refractivity contribution is -0.385. The molecule has 0 spiro atoms. The van der Waals surface area contributed by atoms with Crippen LogP contribution in [0.1, 0.15) is 0 Å². The van der Waals surface area contributed by atoms with E-state index in [1.165, 1.54) is 12.3 Å². The summed E-state index contributed by atoms with van der Waals surface area (Å²) in [5.41, 5.74) is 3.87. The Morgan fingerprint density at radius 3 is 2.19 bits per heavy atom. The highest BCUT2D eigenvalue weighted by Gasteiger charge is 2.07. The number of rotatable bonds is 3. The van der Waals surface area contributed by atoms with Crippen LogP contribution in [-0.2, 0) is 0 Å². The van der Waals surface area contributed by atoms with Crippen molar-refractivity contribution in [2.24, 2.45) is 0 Å². The predicted molar refractivity (Wildman–Crippen MR) is 81.8 cm³/mol. The van der Waals surface area contributed by atoms with Gasteiger partial charge in [-0.3, -0.25) is 10.1 Å². The van der Waals surface area contributed by atoms with Crippen LogP contribution in [0, 0.1) is 10.1 Å². The summed E-state index contributed by atoms with van der Waals surface area (Å²) < 4.78 is 0. The monoisotopic (exact) mass is 276 g/mol. The van der Waals surface area contributed by atoms with Crippen LogP contribution in [-0.4, -0.2) is 9.91 Å². The van der Waals surface area contributed by atoms with Crippen molar-refractivity contribution in [1.29, 1.82) is 0 Å². The van der Waals surface area contributed by atoms with Gasteiger partial charge in [-0.2, -0.15) is 0 Å². The highest BCUT2D eigenvalue weighted by Crippen LogP contribution is 2.25. The lowest BCUT2D eigenvalue weighted by Gasteiger charge is -2.05. The van der Waals surface area contributed by atoms with Crippen LogP contribution in [0.25, 0.3) is 22.4 Å². The Balaban J connectivity index is 1.98. The van der Waals surface area contributed by atoms with Crippen molar-refractivity contribution in [2.45, 2.75) is 0 Å². The first-order valence-electron chi connectivity index (χ1n) is 6.50. The highest BCUT2D eigenvalue weighted by atomic mass is 16.6. The lowest BCUT2D eigenvalue weighted by atomic mass is 10.0. The zero-order valence-corrected chi connectivity index (χ0v) is 11.1. The van der Waals surface area contributed by atoms with Gasteiger partial charge in [-0.05, 0) is 23.3 Å². The first-order chi connectivity index (χ1) is 10.2. The molecule has 0 aliphatic heterocycles. The first-order valence-corrected chi connectivity index (χ1v) is 6.50. The smallest absolute Gasteiger partial charge is 0.258 e. The topological polar surface area (TPSA) is 56.0 Å². The van der Waals surface area contributed by atoms with Gasteiger partial charge >= 0.3 is 0 Å². The molecule has 0 saturated carbocycles. The van der Waals surface area contributed by atoms with E-state index in [1.54, 1.807) is 6.07 Å². The van der Waals surface area contributed by atoms with Gasteiger partial charge < -0.3 is 0 Å². The summed E-state index contributed by atoms with van der Waals surface area (Å²) in [6.07, 6.45) is 1.28. The van der Waals surface area contributed by atoms with Gasteiger partial charge in [0.25, 0.3) is 5.69 Å². The van der Waals surface area contributed by atoms with Gasteiger partial charge in [0.15, 0.2) is 0 Å². The Hall–Kier alpha value is -3.01. The molecule has 0 aliphatic rings. The van der Waals surface area contributed by atoms with Gasteiger partial charge in [-0.25, -0.2) is 4.98 Å². The largest absolute Gasteiger partial charge is 0.287 e. The van der Waals surface area contributed by atoms with Crippen LogP contribution in [0.3, 0.4) is 0 Å². The third-order valence-corrected chi connectivity index (χ3v) is 3.22. The van der Waals surface area contributed by atoms with E-state index in [9.17, 15) is 10.1 Å². The molecule has 0 fully saturated rings. The summed E-state index contributed by atoms with van der Waals surface area (Å²) in [7, 11) is 0. The van der Waals surface area contributed by atoms with E-state index in [0.717, 1.165) is 22.4 Å². The molecule has 0 atom stereocenters. The molecule has 0 saturated heterocycles. The molecular weight excluding hydrogens is 264 g/mol. The summed E-state index contributed by atoms with van der Waals surface area (Å²) in [6.45, 7) is 0. The maximum Gasteiger partial charge on any atom is 0.287 e. The average Bonchev–Trinajstić information content (AvgIpc) is 2.56. The minimum atomic E-state index is -0.447. The molecular formula is C17H12N2O2. The van der Waals surface area contributed by atoms with Crippen molar-refractivity contribution < 1.29 is 4.92 Å². The number of benzene rings is 2. The van der Waals surface area contributed by atoms with Gasteiger partial charge in [-0.1, -0.05) is 48.5 Å². The Morgan fingerprint density at radius 1 is 0.810 bits per heavy atom. The van der Waals surface area contributed by atoms with Crippen molar-refractivity contribution in [2.75, 3.05) is 0 Å². The minimum absolute atomic E-state index is 0.00189. The van der Waals surface area contributed by atoms with E-state index in [4.69, 9.17) is 0 Å². The van der Waals surface area contributed by atoms with Gasteiger partial charge in [0, 0.05) is 11.6 Å². The first kappa shape index (κ1) is 13.0. The predicted octanol–water partition coefficient (Wildman–Crippen LogP) is 4.32. The second kappa shape index (κ2) is 5.54. The average molecular weight is 276 g/mol. The molecule has 0 N–H and O–H groups in total. The molecule has 0 radical (unpaired) electrons. The quantitative estimate of drug-likeness (QED) is 0.528. The van der Waals surface area contributed by atoms with E-state index >= 15 is 0 Å². The molecule has 0 unspecified atom stereocenters. The van der Waals surface area contributed by atoms with Crippen molar-refractivity contribution >= 4 is 5.69 Å². The van der Waals surface area contributed by atoms with Crippen molar-refractivity contribution in [3.63, 3.8) is 0 Å². The fraction of sp³-hybridized carbons (Fsp3) is 0. The van der Waals surface area contributed by atoms with Crippen LogP contribution < -0.4 is 0 Å². The third kappa shape index (κ3) is 2.79. The fourth-order valence-electron chi connectivity index (χ4n) is 2.15. The molecule has 2 aromatic carbocycles. The molecule has 4 nitrogen and oxygen atoms in total. The molecule has 102 valence electrons. The third-order valence-electron chi connectivity index (χ3n) is 3.22. The molecule has 3 rings (SSSR count). The molecule has 0 bridgehead atoms. The summed E-state index contributed by atoms with van der Waals surface area (Å²) >= 11 is 0. The molecule has 0 aliphatic carbocycles. The maximum absolute atomic E-state index is 10.7. The number of hydrogen-bond donors (Lipinski definition) is 0. The van der Waals surface area contributed by atoms with Crippen LogP contribution in [0.4, 0.5) is 5.69 Å². The van der Waals surface area contributed by atoms with E-state index < -0.39 is 4.92 Å². The number of nitrogens with zero attached hydrogens (tertiary/aromatic N) is 2. The molecule has 4 heteroatoms. The zero-order valence-electron chi connectivity index (χ0n) is 11.1. The molecule has 21 heavy (non-hydrogen) atoms. The van der Waals surface area contributed by atoms with E-state index in [0.29, 0.717) is 0 Å². The summed E-state index contributed by atoms with van der Waals surface area (Å²) in [4.78, 5) is 14.4.